The van der Waals surface area contributed by atoms with Crippen LogP contribution in [0.25, 0.3) is 5.78 Å². The van der Waals surface area contributed by atoms with Gasteiger partial charge in [-0.25, -0.2) is 9.50 Å². The van der Waals surface area contributed by atoms with Gasteiger partial charge < -0.3 is 15.0 Å². The van der Waals surface area contributed by atoms with Gasteiger partial charge in [-0.05, 0) is 49.4 Å². The van der Waals surface area contributed by atoms with E-state index in [0.29, 0.717) is 30.5 Å². The zero-order chi connectivity index (χ0) is 21.5. The average molecular weight is 457 g/mol. The maximum Gasteiger partial charge on any atom is 0.252 e. The molecule has 9 heteroatoms. The van der Waals surface area contributed by atoms with Crippen molar-refractivity contribution in [2.75, 3.05) is 26.7 Å². The van der Waals surface area contributed by atoms with Crippen LogP contribution in [0.1, 0.15) is 35.0 Å². The van der Waals surface area contributed by atoms with Crippen LogP contribution in [0.15, 0.2) is 30.6 Å². The second kappa shape index (κ2) is 9.03. The molecule has 0 bridgehead atoms. The molecule has 1 N–H and O–H groups in total. The third-order valence-electron chi connectivity index (χ3n) is 6.92. The first-order chi connectivity index (χ1) is 15.1. The molecule has 3 aromatic rings. The zero-order valence-electron chi connectivity index (χ0n) is 18.6. The average Bonchev–Trinajstić information content (AvgIpc) is 3.49. The van der Waals surface area contributed by atoms with E-state index in [2.05, 4.69) is 37.4 Å². The number of amides is 1. The highest BCUT2D eigenvalue weighted by Crippen LogP contribution is 2.43. The first kappa shape index (κ1) is 22.5. The summed E-state index contributed by atoms with van der Waals surface area (Å²) in [6, 6.07) is 8.28. The molecule has 5 rings (SSSR count). The molecule has 3 atom stereocenters. The molecule has 0 aliphatic carbocycles. The number of aromatic nitrogens is 4. The Morgan fingerprint density at radius 1 is 1.22 bits per heavy atom. The fourth-order valence-corrected chi connectivity index (χ4v) is 5.30. The molecule has 170 valence electrons. The van der Waals surface area contributed by atoms with E-state index in [1.54, 1.807) is 11.6 Å². The van der Waals surface area contributed by atoms with E-state index < -0.39 is 0 Å². The number of hydrogen-bond acceptors (Lipinski definition) is 6. The zero-order valence-corrected chi connectivity index (χ0v) is 19.4. The lowest BCUT2D eigenvalue weighted by Crippen LogP contribution is -2.35. The number of benzene rings is 1. The van der Waals surface area contributed by atoms with Crippen LogP contribution in [0, 0.1) is 25.7 Å². The van der Waals surface area contributed by atoms with Crippen molar-refractivity contribution < 1.29 is 9.53 Å². The standard InChI is InChI=1S/C23H28N6O2.ClH/c1-14-19(15(2)29-23(27-14)25-13-26-29)8-9-21(30)28-12-17-10-24-11-20(17)22(28)16-4-6-18(31-3)7-5-16;/h4-7,13,17,20,22,24H,8-12H2,1-3H3;1H/t17-,20-,22-;/m0./s1. The van der Waals surface area contributed by atoms with Crippen LogP contribution in [0.5, 0.6) is 5.75 Å². The molecule has 32 heavy (non-hydrogen) atoms. The van der Waals surface area contributed by atoms with Crippen LogP contribution in [0.4, 0.5) is 0 Å². The number of carbonyl (C=O) groups excluding carboxylic acids is 1. The lowest BCUT2D eigenvalue weighted by molar-refractivity contribution is -0.132. The molecule has 2 aliphatic rings. The molecule has 1 aromatic carbocycles. The highest BCUT2D eigenvalue weighted by atomic mass is 35.5. The van der Waals surface area contributed by atoms with E-state index in [1.807, 2.05) is 26.0 Å². The van der Waals surface area contributed by atoms with Gasteiger partial charge in [-0.3, -0.25) is 4.79 Å². The van der Waals surface area contributed by atoms with E-state index in [4.69, 9.17) is 4.74 Å². The summed E-state index contributed by atoms with van der Waals surface area (Å²) in [5.41, 5.74) is 4.18. The van der Waals surface area contributed by atoms with Crippen molar-refractivity contribution in [2.45, 2.75) is 32.7 Å². The van der Waals surface area contributed by atoms with Crippen molar-refractivity contribution in [3.05, 3.63) is 53.1 Å². The highest BCUT2D eigenvalue weighted by Gasteiger charge is 2.46. The Morgan fingerprint density at radius 2 is 2.00 bits per heavy atom. The molecule has 2 saturated heterocycles. The first-order valence-corrected chi connectivity index (χ1v) is 10.9. The Hall–Kier alpha value is -2.71. The molecular weight excluding hydrogens is 428 g/mol. The predicted octanol–water partition coefficient (Wildman–Crippen LogP) is 2.52. The number of ether oxygens (including phenoxy) is 1. The van der Waals surface area contributed by atoms with Gasteiger partial charge in [-0.1, -0.05) is 12.1 Å². The summed E-state index contributed by atoms with van der Waals surface area (Å²) in [7, 11) is 1.67. The van der Waals surface area contributed by atoms with Crippen molar-refractivity contribution in [3.8, 4) is 5.75 Å². The van der Waals surface area contributed by atoms with Gasteiger partial charge in [0.15, 0.2) is 0 Å². The maximum absolute atomic E-state index is 13.4. The molecule has 0 unspecified atom stereocenters. The topological polar surface area (TPSA) is 84.6 Å². The summed E-state index contributed by atoms with van der Waals surface area (Å²) < 4.78 is 7.07. The third-order valence-corrected chi connectivity index (χ3v) is 6.92. The van der Waals surface area contributed by atoms with Gasteiger partial charge in [0, 0.05) is 43.4 Å². The van der Waals surface area contributed by atoms with E-state index in [9.17, 15) is 4.79 Å². The number of fused-ring (bicyclic) bond motifs is 2. The summed E-state index contributed by atoms with van der Waals surface area (Å²) >= 11 is 0. The van der Waals surface area contributed by atoms with E-state index >= 15 is 0 Å². The smallest absolute Gasteiger partial charge is 0.252 e. The summed E-state index contributed by atoms with van der Waals surface area (Å²) in [5, 5.41) is 7.77. The fourth-order valence-electron chi connectivity index (χ4n) is 5.30. The van der Waals surface area contributed by atoms with Crippen molar-refractivity contribution in [1.82, 2.24) is 29.8 Å². The molecule has 0 radical (unpaired) electrons. The number of methoxy groups -OCH3 is 1. The van der Waals surface area contributed by atoms with Crippen molar-refractivity contribution >= 4 is 24.1 Å². The number of carbonyl (C=O) groups is 1. The third kappa shape index (κ3) is 3.82. The molecule has 8 nitrogen and oxygen atoms in total. The van der Waals surface area contributed by atoms with Gasteiger partial charge in [0.1, 0.15) is 12.1 Å². The summed E-state index contributed by atoms with van der Waals surface area (Å²) in [6.45, 7) is 6.74. The minimum atomic E-state index is 0. The highest BCUT2D eigenvalue weighted by molar-refractivity contribution is 5.85. The van der Waals surface area contributed by atoms with E-state index in [-0.39, 0.29) is 24.4 Å². The molecule has 2 fully saturated rings. The largest absolute Gasteiger partial charge is 0.497 e. The van der Waals surface area contributed by atoms with Gasteiger partial charge in [0.05, 0.1) is 13.2 Å². The Balaban J connectivity index is 0.00000245. The van der Waals surface area contributed by atoms with Gasteiger partial charge in [-0.15, -0.1) is 12.4 Å². The van der Waals surface area contributed by atoms with E-state index in [1.165, 1.54) is 11.9 Å². The first-order valence-electron chi connectivity index (χ1n) is 10.9. The van der Waals surface area contributed by atoms with Crippen LogP contribution >= 0.6 is 12.4 Å². The van der Waals surface area contributed by atoms with Gasteiger partial charge in [0.2, 0.25) is 5.91 Å². The Morgan fingerprint density at radius 3 is 2.75 bits per heavy atom. The minimum Gasteiger partial charge on any atom is -0.497 e. The summed E-state index contributed by atoms with van der Waals surface area (Å²) in [4.78, 5) is 24.2. The van der Waals surface area contributed by atoms with Crippen molar-refractivity contribution in [2.24, 2.45) is 11.8 Å². The number of aryl methyl sites for hydroxylation is 2. The van der Waals surface area contributed by atoms with Crippen molar-refractivity contribution in [3.63, 3.8) is 0 Å². The molecule has 0 saturated carbocycles. The molecular formula is C23H29ClN6O2. The van der Waals surface area contributed by atoms with Crippen LogP contribution in [0.3, 0.4) is 0 Å². The second-order valence-corrected chi connectivity index (χ2v) is 8.58. The van der Waals surface area contributed by atoms with Crippen LogP contribution in [-0.4, -0.2) is 57.1 Å². The molecule has 2 aromatic heterocycles. The van der Waals surface area contributed by atoms with E-state index in [0.717, 1.165) is 42.3 Å². The Kier molecular flexibility index (Phi) is 6.35. The Bertz CT molecular complexity index is 1120. The summed E-state index contributed by atoms with van der Waals surface area (Å²) in [6.07, 6.45) is 2.63. The number of nitrogens with zero attached hydrogens (tertiary/aromatic N) is 5. The minimum absolute atomic E-state index is 0. The molecule has 4 heterocycles. The predicted molar refractivity (Wildman–Crippen MR) is 123 cm³/mol. The Labute approximate surface area is 193 Å². The number of hydrogen-bond donors (Lipinski definition) is 1. The molecule has 1 amide bonds. The normalized spacial score (nSPS) is 22.1. The maximum atomic E-state index is 13.4. The second-order valence-electron chi connectivity index (χ2n) is 8.58. The monoisotopic (exact) mass is 456 g/mol. The van der Waals surface area contributed by atoms with Crippen LogP contribution in [0.2, 0.25) is 0 Å². The number of rotatable bonds is 5. The molecule has 0 spiro atoms. The fraction of sp³-hybridized carbons (Fsp3) is 0.478. The van der Waals surface area contributed by atoms with Gasteiger partial charge >= 0.3 is 0 Å². The summed E-state index contributed by atoms with van der Waals surface area (Å²) in [5.74, 6) is 2.60. The van der Waals surface area contributed by atoms with Gasteiger partial charge in [-0.2, -0.15) is 10.1 Å². The lowest BCUT2D eigenvalue weighted by Gasteiger charge is -2.29. The van der Waals surface area contributed by atoms with Crippen LogP contribution < -0.4 is 10.1 Å². The quantitative estimate of drug-likeness (QED) is 0.635. The lowest BCUT2D eigenvalue weighted by atomic mass is 9.89. The number of likely N-dealkylation sites (tertiary alicyclic amines) is 1. The van der Waals surface area contributed by atoms with Crippen molar-refractivity contribution in [1.29, 1.82) is 0 Å². The number of halogens is 1. The van der Waals surface area contributed by atoms with Crippen LogP contribution in [-0.2, 0) is 11.2 Å². The van der Waals surface area contributed by atoms with Gasteiger partial charge in [0.25, 0.3) is 5.78 Å². The SMILES string of the molecule is COc1ccc([C@H]2[C@H]3CNC[C@H]3CN2C(=O)CCc2c(C)nc3ncnn3c2C)cc1.Cl. The molecule has 2 aliphatic heterocycles. The number of nitrogens with one attached hydrogen (secondary N) is 1.